The summed E-state index contributed by atoms with van der Waals surface area (Å²) in [7, 11) is 0. The van der Waals surface area contributed by atoms with Gasteiger partial charge in [0.05, 0.1) is 11.9 Å². The summed E-state index contributed by atoms with van der Waals surface area (Å²) < 4.78 is 1.04. The van der Waals surface area contributed by atoms with Crippen molar-refractivity contribution in [1.82, 2.24) is 4.98 Å². The Morgan fingerprint density at radius 2 is 1.82 bits per heavy atom. The maximum absolute atomic E-state index is 9.22. The van der Waals surface area contributed by atoms with E-state index in [1.54, 1.807) is 30.5 Å². The number of hydrogen-bond donors (Lipinski definition) is 2. The van der Waals surface area contributed by atoms with Crippen LogP contribution in [0.25, 0.3) is 11.3 Å². The van der Waals surface area contributed by atoms with Crippen molar-refractivity contribution in [3.8, 4) is 17.0 Å². The molecule has 0 bridgehead atoms. The van der Waals surface area contributed by atoms with Crippen molar-refractivity contribution in [3.05, 3.63) is 63.9 Å². The van der Waals surface area contributed by atoms with E-state index in [0.717, 1.165) is 26.4 Å². The molecule has 0 radical (unpaired) electrons. The molecule has 0 amide bonds. The molecule has 1 aromatic heterocycles. The molecular formula is C16H12BrN3OS. The predicted octanol–water partition coefficient (Wildman–Crippen LogP) is 4.72. The van der Waals surface area contributed by atoms with E-state index in [1.807, 2.05) is 29.6 Å². The number of aromatic hydroxyl groups is 1. The molecule has 0 unspecified atom stereocenters. The second-order valence-electron chi connectivity index (χ2n) is 4.51. The summed E-state index contributed by atoms with van der Waals surface area (Å²) in [4.78, 5) is 4.49. The van der Waals surface area contributed by atoms with Crippen molar-refractivity contribution in [3.63, 3.8) is 0 Å². The lowest BCUT2D eigenvalue weighted by atomic mass is 10.2. The number of rotatable bonds is 4. The highest BCUT2D eigenvalue weighted by Crippen LogP contribution is 2.26. The van der Waals surface area contributed by atoms with Crippen molar-refractivity contribution >= 4 is 38.6 Å². The van der Waals surface area contributed by atoms with Gasteiger partial charge in [-0.3, -0.25) is 5.43 Å². The molecule has 0 atom stereocenters. The van der Waals surface area contributed by atoms with Gasteiger partial charge in [-0.2, -0.15) is 5.10 Å². The van der Waals surface area contributed by atoms with Crippen LogP contribution in [0.3, 0.4) is 0 Å². The van der Waals surface area contributed by atoms with Crippen LogP contribution >= 0.6 is 27.3 Å². The Kier molecular flexibility index (Phi) is 4.50. The van der Waals surface area contributed by atoms with Crippen molar-refractivity contribution < 1.29 is 5.11 Å². The van der Waals surface area contributed by atoms with Gasteiger partial charge in [0.25, 0.3) is 0 Å². The van der Waals surface area contributed by atoms with E-state index >= 15 is 0 Å². The minimum Gasteiger partial charge on any atom is -0.508 e. The van der Waals surface area contributed by atoms with Crippen LogP contribution in [0, 0.1) is 0 Å². The van der Waals surface area contributed by atoms with Crippen molar-refractivity contribution in [2.75, 3.05) is 5.43 Å². The molecule has 1 heterocycles. The van der Waals surface area contributed by atoms with Crippen LogP contribution in [0.4, 0.5) is 5.13 Å². The highest BCUT2D eigenvalue weighted by atomic mass is 79.9. The predicted molar refractivity (Wildman–Crippen MR) is 94.6 cm³/mol. The summed E-state index contributed by atoms with van der Waals surface area (Å²) in [5.41, 5.74) is 5.79. The summed E-state index contributed by atoms with van der Waals surface area (Å²) in [5.74, 6) is 0.240. The van der Waals surface area contributed by atoms with Gasteiger partial charge < -0.3 is 5.11 Å². The Balaban J connectivity index is 1.66. The average molecular weight is 374 g/mol. The number of halogens is 1. The SMILES string of the molecule is Oc1ccc(/C=N/Nc2nc(-c3ccc(Br)cc3)cs2)cc1. The molecule has 2 N–H and O–H groups in total. The van der Waals surface area contributed by atoms with Crippen molar-refractivity contribution in [2.24, 2.45) is 5.10 Å². The van der Waals surface area contributed by atoms with E-state index in [-0.39, 0.29) is 5.75 Å². The Labute approximate surface area is 140 Å². The van der Waals surface area contributed by atoms with E-state index in [9.17, 15) is 5.11 Å². The van der Waals surface area contributed by atoms with Crippen LogP contribution in [-0.2, 0) is 0 Å². The second-order valence-corrected chi connectivity index (χ2v) is 6.28. The number of phenols is 1. The summed E-state index contributed by atoms with van der Waals surface area (Å²) in [5, 5.41) is 16.1. The third-order valence-corrected chi connectivity index (χ3v) is 4.19. The van der Waals surface area contributed by atoms with Crippen LogP contribution in [0.5, 0.6) is 5.75 Å². The molecule has 0 aliphatic rings. The highest BCUT2D eigenvalue weighted by molar-refractivity contribution is 9.10. The molecular weight excluding hydrogens is 362 g/mol. The van der Waals surface area contributed by atoms with Gasteiger partial charge in [0, 0.05) is 15.4 Å². The van der Waals surface area contributed by atoms with E-state index in [1.165, 1.54) is 11.3 Å². The smallest absolute Gasteiger partial charge is 0.203 e. The first-order valence-electron chi connectivity index (χ1n) is 6.50. The maximum Gasteiger partial charge on any atom is 0.203 e. The highest BCUT2D eigenvalue weighted by Gasteiger charge is 2.03. The average Bonchev–Trinajstić information content (AvgIpc) is 2.99. The first kappa shape index (κ1) is 14.7. The molecule has 0 saturated heterocycles. The normalized spacial score (nSPS) is 11.0. The number of aromatic nitrogens is 1. The third-order valence-electron chi connectivity index (χ3n) is 2.91. The summed E-state index contributed by atoms with van der Waals surface area (Å²) in [6.07, 6.45) is 1.68. The fourth-order valence-corrected chi connectivity index (χ4v) is 2.73. The largest absolute Gasteiger partial charge is 0.508 e. The zero-order valence-corrected chi connectivity index (χ0v) is 13.8. The van der Waals surface area contributed by atoms with Gasteiger partial charge in [-0.15, -0.1) is 11.3 Å². The van der Waals surface area contributed by atoms with Gasteiger partial charge in [-0.1, -0.05) is 28.1 Å². The monoisotopic (exact) mass is 373 g/mol. The molecule has 0 saturated carbocycles. The number of hydrogen-bond acceptors (Lipinski definition) is 5. The van der Waals surface area contributed by atoms with Crippen molar-refractivity contribution in [1.29, 1.82) is 0 Å². The first-order valence-corrected chi connectivity index (χ1v) is 8.17. The van der Waals surface area contributed by atoms with E-state index in [4.69, 9.17) is 0 Å². The van der Waals surface area contributed by atoms with Gasteiger partial charge in [0.15, 0.2) is 0 Å². The van der Waals surface area contributed by atoms with Gasteiger partial charge >= 0.3 is 0 Å². The number of phenolic OH excluding ortho intramolecular Hbond substituents is 1. The lowest BCUT2D eigenvalue weighted by molar-refractivity contribution is 0.475. The zero-order valence-electron chi connectivity index (χ0n) is 11.4. The van der Waals surface area contributed by atoms with Gasteiger partial charge in [-0.25, -0.2) is 4.98 Å². The Hall–Kier alpha value is -2.18. The van der Waals surface area contributed by atoms with Gasteiger partial charge in [0.2, 0.25) is 5.13 Å². The summed E-state index contributed by atoms with van der Waals surface area (Å²) >= 11 is 4.92. The first-order chi connectivity index (χ1) is 10.7. The maximum atomic E-state index is 9.22. The molecule has 22 heavy (non-hydrogen) atoms. The van der Waals surface area contributed by atoms with Crippen LogP contribution < -0.4 is 5.43 Å². The Morgan fingerprint density at radius 3 is 2.55 bits per heavy atom. The molecule has 0 fully saturated rings. The topological polar surface area (TPSA) is 57.5 Å². The van der Waals surface area contributed by atoms with Gasteiger partial charge in [0.1, 0.15) is 5.75 Å². The van der Waals surface area contributed by atoms with Crippen molar-refractivity contribution in [2.45, 2.75) is 0 Å². The molecule has 0 aliphatic carbocycles. The number of benzene rings is 2. The van der Waals surface area contributed by atoms with Crippen LogP contribution in [0.1, 0.15) is 5.56 Å². The van der Waals surface area contributed by atoms with E-state index < -0.39 is 0 Å². The fraction of sp³-hybridized carbons (Fsp3) is 0. The minimum absolute atomic E-state index is 0.240. The number of thiazole rings is 1. The minimum atomic E-state index is 0.240. The number of nitrogens with one attached hydrogen (secondary N) is 1. The number of hydrazone groups is 1. The van der Waals surface area contributed by atoms with E-state index in [0.29, 0.717) is 0 Å². The molecule has 4 nitrogen and oxygen atoms in total. The van der Waals surface area contributed by atoms with Crippen LogP contribution in [0.15, 0.2) is 63.5 Å². The number of nitrogens with zero attached hydrogens (tertiary/aromatic N) is 2. The molecule has 6 heteroatoms. The number of anilines is 1. The zero-order chi connectivity index (χ0) is 15.4. The van der Waals surface area contributed by atoms with Gasteiger partial charge in [-0.05, 0) is 42.0 Å². The van der Waals surface area contributed by atoms with Crippen LogP contribution in [0.2, 0.25) is 0 Å². The molecule has 2 aromatic carbocycles. The lowest BCUT2D eigenvalue weighted by Crippen LogP contribution is -1.90. The summed E-state index contributed by atoms with van der Waals surface area (Å²) in [6.45, 7) is 0. The summed E-state index contributed by atoms with van der Waals surface area (Å²) in [6, 6.07) is 14.8. The molecule has 110 valence electrons. The Bertz CT molecular complexity index is 782. The van der Waals surface area contributed by atoms with Crippen LogP contribution in [-0.4, -0.2) is 16.3 Å². The molecule has 3 rings (SSSR count). The molecule has 0 aliphatic heterocycles. The Morgan fingerprint density at radius 1 is 1.09 bits per heavy atom. The fourth-order valence-electron chi connectivity index (χ4n) is 1.80. The lowest BCUT2D eigenvalue weighted by Gasteiger charge is -1.97. The standard InChI is InChI=1S/C16H12BrN3OS/c17-13-5-3-12(4-6-13)15-10-22-16(19-15)20-18-9-11-1-7-14(21)8-2-11/h1-10,21H,(H,19,20)/b18-9+. The molecule has 3 aromatic rings. The third kappa shape index (κ3) is 3.72. The van der Waals surface area contributed by atoms with E-state index in [2.05, 4.69) is 31.4 Å². The quantitative estimate of drug-likeness (QED) is 0.513. The molecule has 0 spiro atoms. The second kappa shape index (κ2) is 6.72.